The van der Waals surface area contributed by atoms with Gasteiger partial charge in [-0.15, -0.1) is 0 Å². The minimum atomic E-state index is -0.739. The first-order valence-electron chi connectivity index (χ1n) is 6.05. The van der Waals surface area contributed by atoms with Crippen LogP contribution in [0.3, 0.4) is 0 Å². The number of phenolic OH excluding ortho intramolecular Hbond substituents is 1. The Balaban J connectivity index is 2.94. The van der Waals surface area contributed by atoms with Crippen LogP contribution in [-0.2, 0) is 9.53 Å². The summed E-state index contributed by atoms with van der Waals surface area (Å²) in [5, 5.41) is 12.3. The van der Waals surface area contributed by atoms with Crippen LogP contribution < -0.4 is 5.32 Å². The number of hydrogen-bond acceptors (Lipinski definition) is 4. The molecule has 104 valence electrons. The highest BCUT2D eigenvalue weighted by Crippen LogP contribution is 2.18. The first kappa shape index (κ1) is 15.0. The summed E-state index contributed by atoms with van der Waals surface area (Å²) in [6, 6.07) is 3.98. The van der Waals surface area contributed by atoms with Crippen LogP contribution in [0.1, 0.15) is 29.8 Å². The van der Waals surface area contributed by atoms with Crippen molar-refractivity contribution >= 4 is 11.9 Å². The lowest BCUT2D eigenvalue weighted by Gasteiger charge is -2.20. The Labute approximate surface area is 112 Å². The lowest BCUT2D eigenvalue weighted by molar-refractivity contribution is -0.144. The fourth-order valence-electron chi connectivity index (χ4n) is 1.68. The van der Waals surface area contributed by atoms with Crippen LogP contribution in [0, 0.1) is 12.8 Å². The van der Waals surface area contributed by atoms with Crippen molar-refractivity contribution in [3.8, 4) is 5.75 Å². The van der Waals surface area contributed by atoms with E-state index in [1.807, 2.05) is 6.92 Å². The minimum absolute atomic E-state index is 0.108. The van der Waals surface area contributed by atoms with Crippen molar-refractivity contribution < 1.29 is 19.4 Å². The molecule has 0 aliphatic heterocycles. The van der Waals surface area contributed by atoms with Gasteiger partial charge in [-0.25, -0.2) is 4.79 Å². The van der Waals surface area contributed by atoms with E-state index in [9.17, 15) is 14.7 Å². The molecule has 0 radical (unpaired) electrons. The van der Waals surface area contributed by atoms with Crippen molar-refractivity contribution in [1.29, 1.82) is 0 Å². The molecule has 2 N–H and O–H groups in total. The van der Waals surface area contributed by atoms with Crippen LogP contribution in [0.25, 0.3) is 0 Å². The Morgan fingerprint density at radius 1 is 1.32 bits per heavy atom. The Bertz CT molecular complexity index is 482. The van der Waals surface area contributed by atoms with Gasteiger partial charge in [-0.3, -0.25) is 4.79 Å². The summed E-state index contributed by atoms with van der Waals surface area (Å²) in [6.45, 7) is 5.42. The van der Waals surface area contributed by atoms with Crippen LogP contribution in [0.4, 0.5) is 0 Å². The molecule has 1 unspecified atom stereocenters. The molecule has 1 atom stereocenters. The van der Waals surface area contributed by atoms with E-state index in [0.717, 1.165) is 5.56 Å². The average molecular weight is 265 g/mol. The second kappa shape index (κ2) is 6.22. The lowest BCUT2D eigenvalue weighted by atomic mass is 10.0. The third-order valence-corrected chi connectivity index (χ3v) is 2.81. The normalized spacial score (nSPS) is 12.1. The first-order valence-corrected chi connectivity index (χ1v) is 6.05. The number of aromatic hydroxyl groups is 1. The van der Waals surface area contributed by atoms with Gasteiger partial charge in [-0.1, -0.05) is 25.5 Å². The topological polar surface area (TPSA) is 75.6 Å². The molecule has 0 aliphatic carbocycles. The maximum absolute atomic E-state index is 12.1. The lowest BCUT2D eigenvalue weighted by Crippen LogP contribution is -2.45. The van der Waals surface area contributed by atoms with Gasteiger partial charge in [0.1, 0.15) is 11.8 Å². The highest BCUT2D eigenvalue weighted by Gasteiger charge is 2.26. The number of phenols is 1. The van der Waals surface area contributed by atoms with Gasteiger partial charge < -0.3 is 15.2 Å². The largest absolute Gasteiger partial charge is 0.507 e. The van der Waals surface area contributed by atoms with Crippen LogP contribution in [0.5, 0.6) is 5.75 Å². The minimum Gasteiger partial charge on any atom is -0.507 e. The summed E-state index contributed by atoms with van der Waals surface area (Å²) in [7, 11) is 1.27. The molecule has 0 spiro atoms. The smallest absolute Gasteiger partial charge is 0.328 e. The molecule has 0 saturated carbocycles. The van der Waals surface area contributed by atoms with E-state index in [1.54, 1.807) is 26.0 Å². The number of benzene rings is 1. The molecule has 0 saturated heterocycles. The zero-order valence-corrected chi connectivity index (χ0v) is 11.6. The third kappa shape index (κ3) is 3.71. The van der Waals surface area contributed by atoms with E-state index in [2.05, 4.69) is 10.1 Å². The van der Waals surface area contributed by atoms with Gasteiger partial charge in [-0.05, 0) is 25.0 Å². The average Bonchev–Trinajstić information content (AvgIpc) is 2.37. The number of nitrogens with one attached hydrogen (secondary N) is 1. The highest BCUT2D eigenvalue weighted by molar-refractivity contribution is 5.99. The molecule has 5 heteroatoms. The zero-order chi connectivity index (χ0) is 14.6. The second-order valence-corrected chi connectivity index (χ2v) is 4.74. The molecule has 1 aromatic carbocycles. The van der Waals surface area contributed by atoms with Crippen molar-refractivity contribution in [2.75, 3.05) is 7.11 Å². The van der Waals surface area contributed by atoms with E-state index in [4.69, 9.17) is 0 Å². The van der Waals surface area contributed by atoms with Gasteiger partial charge in [0.25, 0.3) is 5.91 Å². The molecular weight excluding hydrogens is 246 g/mol. The van der Waals surface area contributed by atoms with E-state index in [1.165, 1.54) is 13.2 Å². The first-order chi connectivity index (χ1) is 8.86. The van der Waals surface area contributed by atoms with Gasteiger partial charge in [0.05, 0.1) is 12.7 Å². The van der Waals surface area contributed by atoms with E-state index < -0.39 is 17.9 Å². The SMILES string of the molecule is COC(=O)C(NC(=O)c1cc(C)ccc1O)C(C)C. The monoisotopic (exact) mass is 265 g/mol. The number of esters is 1. The maximum Gasteiger partial charge on any atom is 0.328 e. The summed E-state index contributed by atoms with van der Waals surface area (Å²) in [5.41, 5.74) is 0.997. The molecule has 1 amide bonds. The number of carbonyl (C=O) groups is 2. The number of rotatable bonds is 4. The molecule has 0 aliphatic rings. The molecule has 0 fully saturated rings. The van der Waals surface area contributed by atoms with Crippen molar-refractivity contribution in [3.05, 3.63) is 29.3 Å². The van der Waals surface area contributed by atoms with Crippen LogP contribution in [-0.4, -0.2) is 30.1 Å². The molecule has 0 bridgehead atoms. The number of aryl methyl sites for hydroxylation is 1. The highest BCUT2D eigenvalue weighted by atomic mass is 16.5. The Kier molecular flexibility index (Phi) is 4.92. The second-order valence-electron chi connectivity index (χ2n) is 4.74. The van der Waals surface area contributed by atoms with Crippen molar-refractivity contribution in [1.82, 2.24) is 5.32 Å². The number of hydrogen-bond donors (Lipinski definition) is 2. The van der Waals surface area contributed by atoms with Gasteiger partial charge in [0, 0.05) is 0 Å². The van der Waals surface area contributed by atoms with E-state index >= 15 is 0 Å². The van der Waals surface area contributed by atoms with Crippen LogP contribution >= 0.6 is 0 Å². The predicted molar refractivity (Wildman–Crippen MR) is 71.0 cm³/mol. The van der Waals surface area contributed by atoms with Gasteiger partial charge in [0.15, 0.2) is 0 Å². The standard InChI is InChI=1S/C14H19NO4/c1-8(2)12(14(18)19-4)15-13(17)10-7-9(3)5-6-11(10)16/h5-8,12,16H,1-4H3,(H,15,17). The van der Waals surface area contributed by atoms with E-state index in [0.29, 0.717) is 0 Å². The molecule has 1 aromatic rings. The van der Waals surface area contributed by atoms with Crippen LogP contribution in [0.2, 0.25) is 0 Å². The Morgan fingerprint density at radius 3 is 2.47 bits per heavy atom. The predicted octanol–water partition coefficient (Wildman–Crippen LogP) is 1.63. The molecule has 1 rings (SSSR count). The molecule has 19 heavy (non-hydrogen) atoms. The fourth-order valence-corrected chi connectivity index (χ4v) is 1.68. The van der Waals surface area contributed by atoms with Crippen molar-refractivity contribution in [2.24, 2.45) is 5.92 Å². The maximum atomic E-state index is 12.1. The molecule has 0 heterocycles. The summed E-state index contributed by atoms with van der Waals surface area (Å²) in [5.74, 6) is -1.22. The number of carbonyl (C=O) groups excluding carboxylic acids is 2. The third-order valence-electron chi connectivity index (χ3n) is 2.81. The quantitative estimate of drug-likeness (QED) is 0.811. The van der Waals surface area contributed by atoms with E-state index in [-0.39, 0.29) is 17.2 Å². The van der Waals surface area contributed by atoms with Gasteiger partial charge in [-0.2, -0.15) is 0 Å². The molecular formula is C14H19NO4. The summed E-state index contributed by atoms with van der Waals surface area (Å²) in [6.07, 6.45) is 0. The number of ether oxygens (including phenoxy) is 1. The summed E-state index contributed by atoms with van der Waals surface area (Å²) >= 11 is 0. The zero-order valence-electron chi connectivity index (χ0n) is 11.6. The van der Waals surface area contributed by atoms with Gasteiger partial charge in [0.2, 0.25) is 0 Å². The van der Waals surface area contributed by atoms with Crippen molar-refractivity contribution in [3.63, 3.8) is 0 Å². The van der Waals surface area contributed by atoms with Crippen LogP contribution in [0.15, 0.2) is 18.2 Å². The van der Waals surface area contributed by atoms with Gasteiger partial charge >= 0.3 is 5.97 Å². The molecule has 0 aromatic heterocycles. The van der Waals surface area contributed by atoms with Crippen molar-refractivity contribution in [2.45, 2.75) is 26.8 Å². The number of methoxy groups -OCH3 is 1. The summed E-state index contributed by atoms with van der Waals surface area (Å²) in [4.78, 5) is 23.6. The Morgan fingerprint density at radius 2 is 1.95 bits per heavy atom. The summed E-state index contributed by atoms with van der Waals surface area (Å²) < 4.78 is 4.65. The Hall–Kier alpha value is -2.04. The number of amides is 1. The molecule has 5 nitrogen and oxygen atoms in total. The fraction of sp³-hybridized carbons (Fsp3) is 0.429.